The minimum atomic E-state index is -0.260. The van der Waals surface area contributed by atoms with Crippen LogP contribution in [0.2, 0.25) is 0 Å². The fourth-order valence-corrected chi connectivity index (χ4v) is 4.01. The molecule has 1 aromatic carbocycles. The minimum Gasteiger partial charge on any atom is -0.497 e. The molecule has 9 heteroatoms. The lowest BCUT2D eigenvalue weighted by molar-refractivity contribution is 0.0945. The van der Waals surface area contributed by atoms with Crippen molar-refractivity contribution in [2.24, 2.45) is 11.7 Å². The van der Waals surface area contributed by atoms with Crippen LogP contribution in [0.15, 0.2) is 36.4 Å². The number of carbonyl (C=O) groups excluding carboxylic acids is 1. The van der Waals surface area contributed by atoms with E-state index in [9.17, 15) is 4.79 Å². The molecule has 1 fully saturated rings. The number of carbonyl (C=O) groups is 1. The molecular formula is C23H29N7O2. The number of benzene rings is 1. The van der Waals surface area contributed by atoms with E-state index in [0.29, 0.717) is 35.7 Å². The third kappa shape index (κ3) is 5.47. The summed E-state index contributed by atoms with van der Waals surface area (Å²) in [6.07, 6.45) is 4.27. The smallest absolute Gasteiger partial charge is 0.270 e. The van der Waals surface area contributed by atoms with E-state index >= 15 is 0 Å². The molecule has 2 heterocycles. The first kappa shape index (κ1) is 21.9. The van der Waals surface area contributed by atoms with Gasteiger partial charge in [0.25, 0.3) is 5.91 Å². The second kappa shape index (κ2) is 9.86. The van der Waals surface area contributed by atoms with Gasteiger partial charge < -0.3 is 15.8 Å². The molecule has 0 saturated heterocycles. The molecule has 0 atom stereocenters. The van der Waals surface area contributed by atoms with Crippen molar-refractivity contribution in [1.82, 2.24) is 30.5 Å². The van der Waals surface area contributed by atoms with Crippen molar-refractivity contribution < 1.29 is 9.53 Å². The third-order valence-electron chi connectivity index (χ3n) is 5.80. The van der Waals surface area contributed by atoms with Gasteiger partial charge in [-0.15, -0.1) is 10.2 Å². The predicted octanol–water partition coefficient (Wildman–Crippen LogP) is 2.50. The number of amides is 1. The van der Waals surface area contributed by atoms with E-state index in [4.69, 9.17) is 10.5 Å². The molecule has 9 nitrogen and oxygen atoms in total. The Balaban J connectivity index is 1.43. The highest BCUT2D eigenvalue weighted by Crippen LogP contribution is 2.24. The maximum Gasteiger partial charge on any atom is 0.270 e. The molecule has 0 aliphatic heterocycles. The summed E-state index contributed by atoms with van der Waals surface area (Å²) in [5, 5.41) is 15.9. The quantitative estimate of drug-likeness (QED) is 0.585. The zero-order chi connectivity index (χ0) is 22.5. The van der Waals surface area contributed by atoms with Gasteiger partial charge in [-0.2, -0.15) is 4.80 Å². The number of aryl methyl sites for hydroxylation is 1. The van der Waals surface area contributed by atoms with E-state index in [1.54, 1.807) is 18.0 Å². The van der Waals surface area contributed by atoms with Crippen LogP contribution in [-0.2, 0) is 13.1 Å². The topological polar surface area (TPSA) is 121 Å². The SMILES string of the molecule is COc1cccc(CNC(=O)c2cc(-c3nnn(CC4CCC(N)CC4)n3)cc(C)n2)c1. The summed E-state index contributed by atoms with van der Waals surface area (Å²) in [7, 11) is 1.62. The Morgan fingerprint density at radius 1 is 1.22 bits per heavy atom. The summed E-state index contributed by atoms with van der Waals surface area (Å²) in [6, 6.07) is 11.5. The summed E-state index contributed by atoms with van der Waals surface area (Å²) >= 11 is 0. The normalized spacial score (nSPS) is 18.3. The van der Waals surface area contributed by atoms with Crippen LogP contribution in [0.3, 0.4) is 0 Å². The fourth-order valence-electron chi connectivity index (χ4n) is 4.01. The second-order valence-electron chi connectivity index (χ2n) is 8.37. The van der Waals surface area contributed by atoms with Gasteiger partial charge in [0.1, 0.15) is 11.4 Å². The number of tetrazole rings is 1. The molecule has 32 heavy (non-hydrogen) atoms. The summed E-state index contributed by atoms with van der Waals surface area (Å²) in [4.78, 5) is 18.8. The number of hydrogen-bond donors (Lipinski definition) is 2. The highest BCUT2D eigenvalue weighted by molar-refractivity contribution is 5.93. The number of hydrogen-bond acceptors (Lipinski definition) is 7. The minimum absolute atomic E-state index is 0.260. The Morgan fingerprint density at radius 2 is 2.03 bits per heavy atom. The van der Waals surface area contributed by atoms with Crippen molar-refractivity contribution >= 4 is 5.91 Å². The molecule has 0 spiro atoms. The first-order chi connectivity index (χ1) is 15.5. The Hall–Kier alpha value is -3.33. The van der Waals surface area contributed by atoms with Gasteiger partial charge in [0.2, 0.25) is 5.82 Å². The van der Waals surface area contributed by atoms with E-state index in [2.05, 4.69) is 25.7 Å². The van der Waals surface area contributed by atoms with Crippen LogP contribution >= 0.6 is 0 Å². The van der Waals surface area contributed by atoms with E-state index in [0.717, 1.165) is 49.1 Å². The van der Waals surface area contributed by atoms with Crippen molar-refractivity contribution in [2.45, 2.75) is 51.7 Å². The summed E-state index contributed by atoms with van der Waals surface area (Å²) in [6.45, 7) is 2.95. The lowest BCUT2D eigenvalue weighted by Crippen LogP contribution is -2.28. The fraction of sp³-hybridized carbons (Fsp3) is 0.435. The third-order valence-corrected chi connectivity index (χ3v) is 5.80. The Kier molecular flexibility index (Phi) is 6.75. The van der Waals surface area contributed by atoms with Crippen LogP contribution < -0.4 is 15.8 Å². The van der Waals surface area contributed by atoms with E-state index in [-0.39, 0.29) is 5.91 Å². The van der Waals surface area contributed by atoms with Crippen molar-refractivity contribution in [3.8, 4) is 17.1 Å². The molecule has 1 aliphatic rings. The largest absolute Gasteiger partial charge is 0.497 e. The number of methoxy groups -OCH3 is 1. The number of rotatable bonds is 7. The van der Waals surface area contributed by atoms with Gasteiger partial charge in [0, 0.05) is 23.8 Å². The number of ether oxygens (including phenoxy) is 1. The van der Waals surface area contributed by atoms with Crippen LogP contribution in [0.1, 0.15) is 47.4 Å². The molecule has 0 radical (unpaired) electrons. The van der Waals surface area contributed by atoms with Crippen LogP contribution in [0.25, 0.3) is 11.4 Å². The van der Waals surface area contributed by atoms with Crippen LogP contribution in [-0.4, -0.2) is 44.3 Å². The maximum absolute atomic E-state index is 12.7. The Labute approximate surface area is 187 Å². The van der Waals surface area contributed by atoms with Crippen LogP contribution in [0, 0.1) is 12.8 Å². The molecule has 3 aromatic rings. The zero-order valence-corrected chi connectivity index (χ0v) is 18.5. The Bertz CT molecular complexity index is 1070. The molecule has 1 saturated carbocycles. The van der Waals surface area contributed by atoms with Crippen molar-refractivity contribution in [1.29, 1.82) is 0 Å². The summed E-state index contributed by atoms with van der Waals surface area (Å²) in [5.41, 5.74) is 8.70. The second-order valence-corrected chi connectivity index (χ2v) is 8.37. The number of nitrogens with two attached hydrogens (primary N) is 1. The molecule has 4 rings (SSSR count). The highest BCUT2D eigenvalue weighted by Gasteiger charge is 2.20. The molecule has 1 aliphatic carbocycles. The highest BCUT2D eigenvalue weighted by atomic mass is 16.5. The zero-order valence-electron chi connectivity index (χ0n) is 18.5. The Morgan fingerprint density at radius 3 is 2.81 bits per heavy atom. The van der Waals surface area contributed by atoms with Gasteiger partial charge in [-0.05, 0) is 73.6 Å². The molecule has 3 N–H and O–H groups in total. The van der Waals surface area contributed by atoms with Gasteiger partial charge in [-0.25, -0.2) is 4.98 Å². The van der Waals surface area contributed by atoms with Crippen molar-refractivity contribution in [3.05, 3.63) is 53.3 Å². The average molecular weight is 436 g/mol. The lowest BCUT2D eigenvalue weighted by atomic mass is 9.86. The van der Waals surface area contributed by atoms with Crippen LogP contribution in [0.4, 0.5) is 0 Å². The van der Waals surface area contributed by atoms with E-state index in [1.807, 2.05) is 37.3 Å². The van der Waals surface area contributed by atoms with Crippen molar-refractivity contribution in [2.75, 3.05) is 7.11 Å². The van der Waals surface area contributed by atoms with Crippen molar-refractivity contribution in [3.63, 3.8) is 0 Å². The van der Waals surface area contributed by atoms with Crippen LogP contribution in [0.5, 0.6) is 5.75 Å². The number of pyridine rings is 1. The molecule has 2 aromatic heterocycles. The number of aromatic nitrogens is 5. The van der Waals surface area contributed by atoms with Gasteiger partial charge in [0.05, 0.1) is 13.7 Å². The van der Waals surface area contributed by atoms with E-state index in [1.165, 1.54) is 0 Å². The lowest BCUT2D eigenvalue weighted by Gasteiger charge is -2.25. The summed E-state index contributed by atoms with van der Waals surface area (Å²) < 4.78 is 5.23. The van der Waals surface area contributed by atoms with Gasteiger partial charge in [0.15, 0.2) is 0 Å². The summed E-state index contributed by atoms with van der Waals surface area (Å²) in [5.74, 6) is 1.50. The van der Waals surface area contributed by atoms with Gasteiger partial charge >= 0.3 is 0 Å². The van der Waals surface area contributed by atoms with E-state index < -0.39 is 0 Å². The first-order valence-electron chi connectivity index (χ1n) is 10.9. The standard InChI is InChI=1S/C23H29N7O2/c1-15-10-18(22-27-29-30(28-22)14-16-6-8-19(24)9-7-16)12-21(26-15)23(31)25-13-17-4-3-5-20(11-17)32-2/h3-5,10-12,16,19H,6-9,13-14,24H2,1-2H3,(H,25,31). The van der Waals surface area contributed by atoms with Gasteiger partial charge in [-0.1, -0.05) is 12.1 Å². The first-order valence-corrected chi connectivity index (χ1v) is 10.9. The molecule has 1 amide bonds. The maximum atomic E-state index is 12.7. The molecule has 0 unspecified atom stereocenters. The monoisotopic (exact) mass is 435 g/mol. The number of nitrogens with zero attached hydrogens (tertiary/aromatic N) is 5. The predicted molar refractivity (Wildman–Crippen MR) is 120 cm³/mol. The number of nitrogens with one attached hydrogen (secondary N) is 1. The molecular weight excluding hydrogens is 406 g/mol. The van der Waals surface area contributed by atoms with Gasteiger partial charge in [-0.3, -0.25) is 4.79 Å². The average Bonchev–Trinajstić information content (AvgIpc) is 3.27. The molecule has 168 valence electrons. The molecule has 0 bridgehead atoms.